The number of carbonyl (C=O) groups is 1. The number of pyridine rings is 1. The van der Waals surface area contributed by atoms with Gasteiger partial charge in [-0.2, -0.15) is 0 Å². The highest BCUT2D eigenvalue weighted by Crippen LogP contribution is 2.33. The number of fused-ring (bicyclic) bond motifs is 1. The summed E-state index contributed by atoms with van der Waals surface area (Å²) in [5.74, 6) is -0.397. The third kappa shape index (κ3) is 4.13. The Balaban J connectivity index is 1.84. The molecule has 10 heteroatoms. The molecule has 0 fully saturated rings. The molecule has 0 bridgehead atoms. The molecule has 0 radical (unpaired) electrons. The maximum absolute atomic E-state index is 13.5. The number of rotatable bonds is 5. The number of thiophene rings is 1. The number of amides is 1. The minimum absolute atomic E-state index is 0.113. The number of anilines is 1. The lowest BCUT2D eigenvalue weighted by molar-refractivity contribution is 0.102. The lowest BCUT2D eigenvalue weighted by atomic mass is 10.0. The Labute approximate surface area is 202 Å². The van der Waals surface area contributed by atoms with Crippen molar-refractivity contribution in [2.75, 3.05) is 19.4 Å². The Morgan fingerprint density at radius 2 is 1.76 bits per heavy atom. The van der Waals surface area contributed by atoms with E-state index in [0.717, 1.165) is 30.7 Å². The zero-order valence-corrected chi connectivity index (χ0v) is 21.7. The van der Waals surface area contributed by atoms with Crippen LogP contribution in [0.1, 0.15) is 36.9 Å². The number of aryl methyl sites for hydroxylation is 4. The molecule has 34 heavy (non-hydrogen) atoms. The van der Waals surface area contributed by atoms with Crippen LogP contribution in [0.15, 0.2) is 33.7 Å². The van der Waals surface area contributed by atoms with Gasteiger partial charge in [-0.15, -0.1) is 11.3 Å². The number of sulfonamides is 1. The first-order valence-electron chi connectivity index (χ1n) is 10.6. The molecule has 0 saturated carbocycles. The van der Waals surface area contributed by atoms with Crippen molar-refractivity contribution in [3.8, 4) is 11.3 Å². The molecule has 4 rings (SSSR count). The Hall–Kier alpha value is -3.08. The van der Waals surface area contributed by atoms with Gasteiger partial charge in [0.25, 0.3) is 11.6 Å². The molecular formula is C24H26N4O4S2. The monoisotopic (exact) mass is 498 g/mol. The first-order chi connectivity index (χ1) is 15.9. The zero-order valence-electron chi connectivity index (χ0n) is 20.1. The fourth-order valence-electron chi connectivity index (χ4n) is 3.80. The van der Waals surface area contributed by atoms with Gasteiger partial charge in [-0.3, -0.25) is 4.79 Å². The largest absolute Gasteiger partial charge is 0.335 e. The molecular weight excluding hydrogens is 472 g/mol. The van der Waals surface area contributed by atoms with Gasteiger partial charge in [-0.05, 0) is 70.0 Å². The molecule has 1 amide bonds. The third-order valence-electron chi connectivity index (χ3n) is 5.85. The van der Waals surface area contributed by atoms with Gasteiger partial charge >= 0.3 is 0 Å². The number of carbonyl (C=O) groups excluding carboxylic acids is 1. The number of nitrogens with one attached hydrogen (secondary N) is 1. The van der Waals surface area contributed by atoms with Crippen molar-refractivity contribution in [3.05, 3.63) is 56.4 Å². The van der Waals surface area contributed by atoms with Crippen LogP contribution in [0, 0.1) is 34.6 Å². The van der Waals surface area contributed by atoms with Crippen molar-refractivity contribution >= 4 is 44.1 Å². The molecule has 0 spiro atoms. The second kappa shape index (κ2) is 8.61. The van der Waals surface area contributed by atoms with Crippen LogP contribution in [0.4, 0.5) is 5.69 Å². The molecule has 0 aliphatic rings. The van der Waals surface area contributed by atoms with Gasteiger partial charge in [-0.25, -0.2) is 17.7 Å². The summed E-state index contributed by atoms with van der Waals surface area (Å²) in [6.45, 7) is 9.43. The molecule has 3 aromatic heterocycles. The van der Waals surface area contributed by atoms with Gasteiger partial charge in [0.15, 0.2) is 0 Å². The van der Waals surface area contributed by atoms with E-state index in [9.17, 15) is 13.2 Å². The first kappa shape index (κ1) is 24.1. The van der Waals surface area contributed by atoms with E-state index >= 15 is 0 Å². The lowest BCUT2D eigenvalue weighted by Crippen LogP contribution is -2.23. The van der Waals surface area contributed by atoms with E-state index in [0.29, 0.717) is 28.0 Å². The van der Waals surface area contributed by atoms with Crippen LogP contribution in [0.25, 0.3) is 22.4 Å². The molecule has 178 valence electrons. The minimum atomic E-state index is -3.67. The topological polar surface area (TPSA) is 105 Å². The van der Waals surface area contributed by atoms with Gasteiger partial charge < -0.3 is 9.84 Å². The molecule has 1 N–H and O–H groups in total. The van der Waals surface area contributed by atoms with Crippen LogP contribution in [-0.4, -0.2) is 42.9 Å². The smallest absolute Gasteiger partial charge is 0.259 e. The van der Waals surface area contributed by atoms with E-state index in [2.05, 4.69) is 15.5 Å². The van der Waals surface area contributed by atoms with Gasteiger partial charge in [0.2, 0.25) is 10.0 Å². The summed E-state index contributed by atoms with van der Waals surface area (Å²) in [5, 5.41) is 7.44. The highest BCUT2D eigenvalue weighted by molar-refractivity contribution is 7.89. The van der Waals surface area contributed by atoms with Crippen molar-refractivity contribution in [2.45, 2.75) is 39.5 Å². The van der Waals surface area contributed by atoms with Gasteiger partial charge in [0, 0.05) is 35.1 Å². The van der Waals surface area contributed by atoms with E-state index in [-0.39, 0.29) is 10.6 Å². The van der Waals surface area contributed by atoms with Crippen LogP contribution in [0.3, 0.4) is 0 Å². The van der Waals surface area contributed by atoms with Crippen molar-refractivity contribution in [1.29, 1.82) is 0 Å². The van der Waals surface area contributed by atoms with E-state index in [4.69, 9.17) is 4.52 Å². The van der Waals surface area contributed by atoms with Gasteiger partial charge in [-0.1, -0.05) is 5.16 Å². The van der Waals surface area contributed by atoms with Crippen molar-refractivity contribution < 1.29 is 17.7 Å². The third-order valence-corrected chi connectivity index (χ3v) is 8.61. The molecule has 0 atom stereocenters. The molecule has 0 unspecified atom stereocenters. The zero-order chi connectivity index (χ0) is 24.9. The Morgan fingerprint density at radius 1 is 1.06 bits per heavy atom. The second-order valence-corrected chi connectivity index (χ2v) is 12.1. The van der Waals surface area contributed by atoms with E-state index in [1.54, 1.807) is 30.4 Å². The normalized spacial score (nSPS) is 12.0. The number of hydrogen-bond acceptors (Lipinski definition) is 7. The van der Waals surface area contributed by atoms with E-state index in [1.165, 1.54) is 20.2 Å². The van der Waals surface area contributed by atoms with Crippen molar-refractivity contribution in [2.24, 2.45) is 0 Å². The Morgan fingerprint density at radius 3 is 2.38 bits per heavy atom. The highest BCUT2D eigenvalue weighted by atomic mass is 32.2. The predicted molar refractivity (Wildman–Crippen MR) is 134 cm³/mol. The summed E-state index contributed by atoms with van der Waals surface area (Å²) in [4.78, 5) is 20.5. The number of nitrogens with zero attached hydrogens (tertiary/aromatic N) is 3. The Bertz CT molecular complexity index is 1550. The summed E-state index contributed by atoms with van der Waals surface area (Å²) in [7, 11) is -0.722. The van der Waals surface area contributed by atoms with Crippen LogP contribution >= 0.6 is 11.3 Å². The molecule has 1 aromatic carbocycles. The van der Waals surface area contributed by atoms with E-state index in [1.807, 2.05) is 33.8 Å². The summed E-state index contributed by atoms with van der Waals surface area (Å²) < 4.78 is 32.0. The van der Waals surface area contributed by atoms with Crippen LogP contribution < -0.4 is 5.32 Å². The molecule has 0 aliphatic heterocycles. The molecule has 3 heterocycles. The van der Waals surface area contributed by atoms with Crippen LogP contribution in [0.5, 0.6) is 0 Å². The lowest BCUT2D eigenvalue weighted by Gasteiger charge is -2.16. The SMILES string of the molecule is Cc1cc(-c2cc(C(=O)Nc3cc(S(=O)(=O)N(C)C)cc(C)c3C)c3c(C)noc3n2)c(C)s1. The summed E-state index contributed by atoms with van der Waals surface area (Å²) in [6, 6.07) is 6.86. The highest BCUT2D eigenvalue weighted by Gasteiger charge is 2.23. The number of aromatic nitrogens is 2. The standard InChI is InChI=1S/C24H26N4O4S2/c1-12-8-17(34(30,31)28(6)7)10-20(14(12)3)25-23(29)19-11-21(18-9-13(2)33-16(18)5)26-24-22(19)15(4)27-32-24/h8-11H,1-7H3,(H,25,29). The maximum Gasteiger partial charge on any atom is 0.259 e. The van der Waals surface area contributed by atoms with Gasteiger partial charge in [0.1, 0.15) is 0 Å². The van der Waals surface area contributed by atoms with E-state index < -0.39 is 15.9 Å². The maximum atomic E-state index is 13.5. The van der Waals surface area contributed by atoms with Gasteiger partial charge in [0.05, 0.1) is 27.2 Å². The first-order valence-corrected chi connectivity index (χ1v) is 12.9. The van der Waals surface area contributed by atoms with Crippen LogP contribution in [0.2, 0.25) is 0 Å². The quantitative estimate of drug-likeness (QED) is 0.415. The summed E-state index contributed by atoms with van der Waals surface area (Å²) in [5.41, 5.74) is 4.70. The number of benzene rings is 1. The van der Waals surface area contributed by atoms with Crippen molar-refractivity contribution in [3.63, 3.8) is 0 Å². The van der Waals surface area contributed by atoms with Crippen molar-refractivity contribution in [1.82, 2.24) is 14.4 Å². The fraction of sp³-hybridized carbons (Fsp3) is 0.292. The fourth-order valence-corrected chi connectivity index (χ4v) is 5.75. The number of hydrogen-bond donors (Lipinski definition) is 1. The van der Waals surface area contributed by atoms with Crippen LogP contribution in [-0.2, 0) is 10.0 Å². The summed E-state index contributed by atoms with van der Waals surface area (Å²) in [6.07, 6.45) is 0. The second-order valence-electron chi connectivity index (χ2n) is 8.48. The average Bonchev–Trinajstić information content (AvgIpc) is 3.31. The average molecular weight is 499 g/mol. The Kier molecular flexibility index (Phi) is 6.09. The molecule has 4 aromatic rings. The minimum Gasteiger partial charge on any atom is -0.335 e. The molecule has 8 nitrogen and oxygen atoms in total. The predicted octanol–water partition coefficient (Wildman–Crippen LogP) is 5.00. The molecule has 0 aliphatic carbocycles. The molecule has 0 saturated heterocycles. The summed E-state index contributed by atoms with van der Waals surface area (Å²) >= 11 is 1.65.